The SMILES string of the molecule is CC(C)(C)OC(=O)N1CC2CC1CC2c1cccc(OCc2ccc(C#N)cc2F)n1. The summed E-state index contributed by atoms with van der Waals surface area (Å²) in [5.41, 5.74) is 1.09. The number of hydrogen-bond acceptors (Lipinski definition) is 5. The van der Waals surface area contributed by atoms with Gasteiger partial charge in [-0.15, -0.1) is 0 Å². The average molecular weight is 423 g/mol. The summed E-state index contributed by atoms with van der Waals surface area (Å²) in [6, 6.07) is 12.0. The molecule has 0 spiro atoms. The standard InChI is InChI=1S/C24H26FN3O3/c1-24(2,3)31-23(29)28-13-17-10-18(28)11-19(17)21-5-4-6-22(27-21)30-14-16-8-7-15(12-26)9-20(16)25/h4-9,17-19H,10-11,13-14H2,1-3H3. The summed E-state index contributed by atoms with van der Waals surface area (Å²) in [6.45, 7) is 6.34. The number of ether oxygens (including phenoxy) is 2. The van der Waals surface area contributed by atoms with Gasteiger partial charge in [-0.3, -0.25) is 0 Å². The zero-order valence-corrected chi connectivity index (χ0v) is 18.0. The summed E-state index contributed by atoms with van der Waals surface area (Å²) in [6.07, 6.45) is 1.56. The molecule has 1 amide bonds. The number of aromatic nitrogens is 1. The number of fused-ring (bicyclic) bond motifs is 2. The third-order valence-corrected chi connectivity index (χ3v) is 5.85. The topological polar surface area (TPSA) is 75.4 Å². The fourth-order valence-electron chi connectivity index (χ4n) is 4.46. The van der Waals surface area contributed by atoms with Crippen molar-refractivity contribution in [1.82, 2.24) is 9.88 Å². The van der Waals surface area contributed by atoms with Gasteiger partial charge < -0.3 is 14.4 Å². The molecule has 2 fully saturated rings. The Morgan fingerprint density at radius 2 is 2.10 bits per heavy atom. The molecule has 1 saturated carbocycles. The van der Waals surface area contributed by atoms with Crippen LogP contribution in [0.15, 0.2) is 36.4 Å². The molecule has 3 atom stereocenters. The van der Waals surface area contributed by atoms with Crippen LogP contribution in [0.3, 0.4) is 0 Å². The number of piperidine rings is 1. The second kappa shape index (κ2) is 8.18. The Labute approximate surface area is 181 Å². The highest BCUT2D eigenvalue weighted by atomic mass is 19.1. The molecule has 1 aromatic heterocycles. The number of hydrogen-bond donors (Lipinski definition) is 0. The maximum atomic E-state index is 14.1. The molecule has 31 heavy (non-hydrogen) atoms. The van der Waals surface area contributed by atoms with Crippen molar-refractivity contribution in [3.63, 3.8) is 0 Å². The molecule has 1 aromatic carbocycles. The van der Waals surface area contributed by atoms with Crippen molar-refractivity contribution in [1.29, 1.82) is 5.26 Å². The van der Waals surface area contributed by atoms with E-state index >= 15 is 0 Å². The molecule has 2 aliphatic rings. The average Bonchev–Trinajstić information content (AvgIpc) is 3.33. The molecular weight excluding hydrogens is 397 g/mol. The van der Waals surface area contributed by atoms with E-state index in [9.17, 15) is 9.18 Å². The fourth-order valence-corrected chi connectivity index (χ4v) is 4.46. The lowest BCUT2D eigenvalue weighted by Crippen LogP contribution is -2.42. The van der Waals surface area contributed by atoms with Crippen LogP contribution in [-0.4, -0.2) is 34.2 Å². The number of carbonyl (C=O) groups is 1. The fraction of sp³-hybridized carbons (Fsp3) is 0.458. The van der Waals surface area contributed by atoms with E-state index in [0.29, 0.717) is 23.9 Å². The van der Waals surface area contributed by atoms with E-state index in [1.54, 1.807) is 18.2 Å². The molecule has 1 aliphatic heterocycles. The normalized spacial score (nSPS) is 22.3. The molecule has 2 bridgehead atoms. The van der Waals surface area contributed by atoms with Gasteiger partial charge in [-0.2, -0.15) is 5.26 Å². The van der Waals surface area contributed by atoms with E-state index in [4.69, 9.17) is 14.7 Å². The molecular formula is C24H26FN3O3. The number of rotatable bonds is 4. The number of nitriles is 1. The van der Waals surface area contributed by atoms with Crippen LogP contribution in [-0.2, 0) is 11.3 Å². The summed E-state index contributed by atoms with van der Waals surface area (Å²) < 4.78 is 25.3. The Balaban J connectivity index is 1.39. The Hall–Kier alpha value is -3.14. The van der Waals surface area contributed by atoms with Gasteiger partial charge in [-0.1, -0.05) is 12.1 Å². The van der Waals surface area contributed by atoms with Crippen molar-refractivity contribution in [2.45, 2.75) is 57.8 Å². The van der Waals surface area contributed by atoms with Crippen LogP contribution in [0.5, 0.6) is 5.88 Å². The summed E-state index contributed by atoms with van der Waals surface area (Å²) in [7, 11) is 0. The van der Waals surface area contributed by atoms with Gasteiger partial charge in [0.05, 0.1) is 11.6 Å². The van der Waals surface area contributed by atoms with Crippen molar-refractivity contribution in [3.8, 4) is 11.9 Å². The Bertz CT molecular complexity index is 1030. The lowest BCUT2D eigenvalue weighted by Gasteiger charge is -2.33. The number of likely N-dealkylation sites (tertiary alicyclic amines) is 1. The van der Waals surface area contributed by atoms with E-state index in [1.807, 2.05) is 43.9 Å². The van der Waals surface area contributed by atoms with Gasteiger partial charge in [0.25, 0.3) is 0 Å². The van der Waals surface area contributed by atoms with Crippen molar-refractivity contribution in [2.24, 2.45) is 5.92 Å². The minimum Gasteiger partial charge on any atom is -0.473 e. The van der Waals surface area contributed by atoms with Gasteiger partial charge in [0.1, 0.15) is 18.0 Å². The van der Waals surface area contributed by atoms with Gasteiger partial charge in [0.2, 0.25) is 5.88 Å². The van der Waals surface area contributed by atoms with E-state index < -0.39 is 11.4 Å². The van der Waals surface area contributed by atoms with Crippen LogP contribution in [0.4, 0.5) is 9.18 Å². The number of pyridine rings is 1. The highest BCUT2D eigenvalue weighted by Gasteiger charge is 2.48. The lowest BCUT2D eigenvalue weighted by molar-refractivity contribution is 0.0180. The van der Waals surface area contributed by atoms with Crippen LogP contribution in [0.2, 0.25) is 0 Å². The molecule has 1 saturated heterocycles. The third kappa shape index (κ3) is 4.63. The molecule has 4 rings (SSSR count). The lowest BCUT2D eigenvalue weighted by atomic mass is 9.91. The van der Waals surface area contributed by atoms with Gasteiger partial charge in [0.15, 0.2) is 0 Å². The molecule has 2 heterocycles. The molecule has 1 aliphatic carbocycles. The quantitative estimate of drug-likeness (QED) is 0.707. The highest BCUT2D eigenvalue weighted by molar-refractivity contribution is 5.69. The summed E-state index contributed by atoms with van der Waals surface area (Å²) in [5.74, 6) is 0.577. The van der Waals surface area contributed by atoms with E-state index in [1.165, 1.54) is 6.07 Å². The third-order valence-electron chi connectivity index (χ3n) is 5.85. The van der Waals surface area contributed by atoms with Crippen molar-refractivity contribution >= 4 is 6.09 Å². The molecule has 162 valence electrons. The van der Waals surface area contributed by atoms with Gasteiger partial charge in [-0.25, -0.2) is 14.2 Å². The van der Waals surface area contributed by atoms with Gasteiger partial charge in [0, 0.05) is 35.8 Å². The van der Waals surface area contributed by atoms with Crippen molar-refractivity contribution in [3.05, 3.63) is 59.0 Å². The van der Waals surface area contributed by atoms with E-state index in [-0.39, 0.29) is 30.2 Å². The predicted octanol–water partition coefficient (Wildman–Crippen LogP) is 4.78. The van der Waals surface area contributed by atoms with Gasteiger partial charge >= 0.3 is 6.09 Å². The van der Waals surface area contributed by atoms with Gasteiger partial charge in [-0.05, 0) is 57.7 Å². The second-order valence-electron chi connectivity index (χ2n) is 9.23. The summed E-state index contributed by atoms with van der Waals surface area (Å²) >= 11 is 0. The van der Waals surface area contributed by atoms with Crippen LogP contribution in [0, 0.1) is 23.1 Å². The molecule has 0 N–H and O–H groups in total. The molecule has 0 radical (unpaired) electrons. The summed E-state index contributed by atoms with van der Waals surface area (Å²) in [5, 5.41) is 8.85. The van der Waals surface area contributed by atoms with Crippen LogP contribution in [0.1, 0.15) is 56.4 Å². The molecule has 2 aromatic rings. The first-order chi connectivity index (χ1) is 14.7. The number of nitrogens with zero attached hydrogens (tertiary/aromatic N) is 3. The largest absolute Gasteiger partial charge is 0.473 e. The number of amides is 1. The Morgan fingerprint density at radius 3 is 2.74 bits per heavy atom. The first-order valence-corrected chi connectivity index (χ1v) is 10.5. The van der Waals surface area contributed by atoms with Crippen molar-refractivity contribution in [2.75, 3.05) is 6.54 Å². The second-order valence-corrected chi connectivity index (χ2v) is 9.23. The number of carbonyl (C=O) groups excluding carboxylic acids is 1. The maximum absolute atomic E-state index is 14.1. The first kappa shape index (κ1) is 21.1. The molecule has 6 nitrogen and oxygen atoms in total. The van der Waals surface area contributed by atoms with E-state index in [2.05, 4.69) is 4.98 Å². The predicted molar refractivity (Wildman–Crippen MR) is 112 cm³/mol. The monoisotopic (exact) mass is 423 g/mol. The Kier molecular flexibility index (Phi) is 5.57. The smallest absolute Gasteiger partial charge is 0.410 e. The van der Waals surface area contributed by atoms with Crippen molar-refractivity contribution < 1.29 is 18.7 Å². The number of benzene rings is 1. The summed E-state index contributed by atoms with van der Waals surface area (Å²) in [4.78, 5) is 19.0. The first-order valence-electron chi connectivity index (χ1n) is 10.5. The zero-order chi connectivity index (χ0) is 22.2. The minimum absolute atomic E-state index is 0.0388. The van der Waals surface area contributed by atoms with Crippen LogP contribution < -0.4 is 4.74 Å². The Morgan fingerprint density at radius 1 is 1.29 bits per heavy atom. The van der Waals surface area contributed by atoms with Crippen LogP contribution >= 0.6 is 0 Å². The molecule has 3 unspecified atom stereocenters. The maximum Gasteiger partial charge on any atom is 0.410 e. The minimum atomic E-state index is -0.500. The highest BCUT2D eigenvalue weighted by Crippen LogP contribution is 2.47. The number of halogens is 1. The van der Waals surface area contributed by atoms with Crippen LogP contribution in [0.25, 0.3) is 0 Å². The zero-order valence-electron chi connectivity index (χ0n) is 18.0. The van der Waals surface area contributed by atoms with E-state index in [0.717, 1.165) is 18.5 Å². The molecule has 7 heteroatoms.